The number of fused-ring (bicyclic) bond motifs is 3. The summed E-state index contributed by atoms with van der Waals surface area (Å²) in [6.45, 7) is 8.79. The molecule has 0 fully saturated rings. The zero-order valence-corrected chi connectivity index (χ0v) is 18.1. The van der Waals surface area contributed by atoms with Crippen LogP contribution in [-0.2, 0) is 6.54 Å². The topological polar surface area (TPSA) is 41.4 Å². The van der Waals surface area contributed by atoms with Crippen molar-refractivity contribution in [1.82, 2.24) is 9.55 Å². The van der Waals surface area contributed by atoms with E-state index in [9.17, 15) is 0 Å². The highest BCUT2D eigenvalue weighted by atomic mass is 35.5. The second-order valence-corrected chi connectivity index (χ2v) is 7.49. The van der Waals surface area contributed by atoms with Gasteiger partial charge < -0.3 is 30.1 Å². The molecule has 2 aromatic carbocycles. The molecule has 6 heteroatoms. The lowest BCUT2D eigenvalue weighted by Crippen LogP contribution is -3.00. The van der Waals surface area contributed by atoms with Crippen LogP contribution < -0.4 is 34.5 Å². The van der Waals surface area contributed by atoms with Gasteiger partial charge >= 0.3 is 5.78 Å². The Morgan fingerprint density at radius 2 is 1.75 bits per heavy atom. The van der Waals surface area contributed by atoms with Gasteiger partial charge in [0.05, 0.1) is 19.1 Å². The van der Waals surface area contributed by atoms with Crippen LogP contribution in [0.3, 0.4) is 0 Å². The quantitative estimate of drug-likeness (QED) is 0.248. The van der Waals surface area contributed by atoms with Crippen molar-refractivity contribution in [3.05, 3.63) is 60.3 Å². The van der Waals surface area contributed by atoms with Gasteiger partial charge in [-0.25, -0.2) is 9.55 Å². The van der Waals surface area contributed by atoms with Crippen molar-refractivity contribution in [1.29, 1.82) is 0 Å². The minimum Gasteiger partial charge on any atom is -1.00 e. The van der Waals surface area contributed by atoms with Gasteiger partial charge in [-0.3, -0.25) is 0 Å². The number of aryl methyl sites for hydroxylation is 2. The smallest absolute Gasteiger partial charge is 0.368 e. The SMILES string of the molecule is Cc1ccc(-c2c[n+]3c4ccccc4[nH]c3n2CCC[NH2+]C(C)C)cc1.[Cl-].[Cl-]. The van der Waals surface area contributed by atoms with Gasteiger partial charge in [0.25, 0.3) is 0 Å². The summed E-state index contributed by atoms with van der Waals surface area (Å²) in [5, 5.41) is 2.41. The van der Waals surface area contributed by atoms with Crippen LogP contribution in [0.15, 0.2) is 54.7 Å². The van der Waals surface area contributed by atoms with E-state index in [1.807, 2.05) is 0 Å². The number of aromatic nitrogens is 3. The predicted octanol–water partition coefficient (Wildman–Crippen LogP) is -2.95. The summed E-state index contributed by atoms with van der Waals surface area (Å²) in [6.07, 6.45) is 3.42. The third-order valence-electron chi connectivity index (χ3n) is 5.01. The van der Waals surface area contributed by atoms with Crippen LogP contribution in [0.1, 0.15) is 25.8 Å². The van der Waals surface area contributed by atoms with Gasteiger partial charge in [-0.15, -0.1) is 0 Å². The number of benzene rings is 2. The lowest BCUT2D eigenvalue weighted by Gasteiger charge is -2.06. The van der Waals surface area contributed by atoms with E-state index in [0.717, 1.165) is 25.3 Å². The van der Waals surface area contributed by atoms with Crippen molar-refractivity contribution < 1.29 is 34.5 Å². The maximum Gasteiger partial charge on any atom is 0.368 e. The minimum atomic E-state index is 0. The number of nitrogens with one attached hydrogen (secondary N) is 1. The second-order valence-electron chi connectivity index (χ2n) is 7.49. The first-order valence-corrected chi connectivity index (χ1v) is 9.55. The van der Waals surface area contributed by atoms with E-state index in [2.05, 4.69) is 94.8 Å². The Kier molecular flexibility index (Phi) is 7.53. The molecule has 2 heterocycles. The Balaban J connectivity index is 0.00000140. The third-order valence-corrected chi connectivity index (χ3v) is 5.01. The van der Waals surface area contributed by atoms with E-state index in [0.29, 0.717) is 6.04 Å². The average Bonchev–Trinajstić information content (AvgIpc) is 3.16. The minimum absolute atomic E-state index is 0. The van der Waals surface area contributed by atoms with E-state index in [4.69, 9.17) is 0 Å². The summed E-state index contributed by atoms with van der Waals surface area (Å²) < 4.78 is 4.72. The summed E-state index contributed by atoms with van der Waals surface area (Å²) in [6, 6.07) is 18.0. The molecule has 28 heavy (non-hydrogen) atoms. The van der Waals surface area contributed by atoms with Crippen LogP contribution in [0.5, 0.6) is 0 Å². The highest BCUT2D eigenvalue weighted by Gasteiger charge is 2.22. The molecule has 0 saturated carbocycles. The summed E-state index contributed by atoms with van der Waals surface area (Å²) in [5.74, 6) is 1.16. The molecular formula is C22H28Cl2N4. The molecule has 3 N–H and O–H groups in total. The van der Waals surface area contributed by atoms with Crippen LogP contribution in [0.2, 0.25) is 0 Å². The Labute approximate surface area is 178 Å². The van der Waals surface area contributed by atoms with Crippen molar-refractivity contribution in [2.45, 2.75) is 39.8 Å². The first-order valence-electron chi connectivity index (χ1n) is 9.55. The van der Waals surface area contributed by atoms with Gasteiger partial charge in [-0.05, 0) is 32.9 Å². The van der Waals surface area contributed by atoms with Gasteiger partial charge in [0.2, 0.25) is 0 Å². The van der Waals surface area contributed by atoms with Crippen LogP contribution in [0.25, 0.3) is 28.1 Å². The molecule has 0 atom stereocenters. The standard InChI is InChI=1S/C22H26N4.2ClH/c1-16(2)23-13-6-14-25-21(18-11-9-17(3)10-12-18)15-26-20-8-5-4-7-19(20)24-22(25)26;;/h4-5,7-12,15-16,23H,6,13-14H2,1-3H3;2*1H. The summed E-state index contributed by atoms with van der Waals surface area (Å²) in [5.41, 5.74) is 6.24. The maximum absolute atomic E-state index is 3.61. The zero-order chi connectivity index (χ0) is 18.1. The van der Waals surface area contributed by atoms with Crippen molar-refractivity contribution in [2.75, 3.05) is 6.54 Å². The molecule has 0 unspecified atom stereocenters. The second kappa shape index (κ2) is 9.46. The predicted molar refractivity (Wildman–Crippen MR) is 106 cm³/mol. The van der Waals surface area contributed by atoms with Crippen molar-refractivity contribution in [3.63, 3.8) is 0 Å². The fraction of sp³-hybridized carbons (Fsp3) is 0.318. The fourth-order valence-corrected chi connectivity index (χ4v) is 3.60. The number of hydrogen-bond acceptors (Lipinski definition) is 0. The third kappa shape index (κ3) is 4.35. The van der Waals surface area contributed by atoms with E-state index in [1.54, 1.807) is 0 Å². The number of aromatic amines is 1. The number of para-hydroxylation sites is 2. The van der Waals surface area contributed by atoms with Crippen LogP contribution in [-0.4, -0.2) is 22.1 Å². The number of nitrogens with zero attached hydrogens (tertiary/aromatic N) is 2. The molecule has 4 nitrogen and oxygen atoms in total. The van der Waals surface area contributed by atoms with E-state index in [1.165, 1.54) is 27.9 Å². The number of imidazole rings is 2. The summed E-state index contributed by atoms with van der Waals surface area (Å²) in [7, 11) is 0. The van der Waals surface area contributed by atoms with Crippen LogP contribution in [0, 0.1) is 6.92 Å². The monoisotopic (exact) mass is 418 g/mol. The lowest BCUT2D eigenvalue weighted by molar-refractivity contribution is -0.683. The van der Waals surface area contributed by atoms with Gasteiger partial charge in [0, 0.05) is 12.0 Å². The van der Waals surface area contributed by atoms with Crippen LogP contribution in [0.4, 0.5) is 0 Å². The normalized spacial score (nSPS) is 11.0. The zero-order valence-electron chi connectivity index (χ0n) is 16.6. The molecule has 0 spiro atoms. The molecule has 0 amide bonds. The Morgan fingerprint density at radius 3 is 2.46 bits per heavy atom. The van der Waals surface area contributed by atoms with E-state index < -0.39 is 0 Å². The van der Waals surface area contributed by atoms with Crippen molar-refractivity contribution >= 4 is 16.8 Å². The van der Waals surface area contributed by atoms with Gasteiger partial charge in [0.15, 0.2) is 0 Å². The number of nitrogens with two attached hydrogens (primary N) is 1. The van der Waals surface area contributed by atoms with Gasteiger partial charge in [0.1, 0.15) is 22.9 Å². The molecule has 2 aromatic heterocycles. The number of quaternary nitrogens is 1. The Bertz CT molecular complexity index is 1030. The van der Waals surface area contributed by atoms with Crippen LogP contribution >= 0.6 is 0 Å². The number of hydrogen-bond donors (Lipinski definition) is 2. The van der Waals surface area contributed by atoms with E-state index in [-0.39, 0.29) is 24.8 Å². The molecule has 0 aliphatic rings. The molecule has 0 aliphatic carbocycles. The molecule has 0 bridgehead atoms. The molecule has 0 saturated heterocycles. The summed E-state index contributed by atoms with van der Waals surface area (Å²) in [4.78, 5) is 3.61. The summed E-state index contributed by atoms with van der Waals surface area (Å²) >= 11 is 0. The molecule has 150 valence electrons. The lowest BCUT2D eigenvalue weighted by atomic mass is 10.1. The number of halogens is 2. The molecule has 4 aromatic rings. The highest BCUT2D eigenvalue weighted by molar-refractivity contribution is 5.74. The Hall–Kier alpha value is -2.01. The molecule has 4 rings (SSSR count). The molecule has 0 aliphatic heterocycles. The first kappa shape index (κ1) is 22.3. The number of H-pyrrole nitrogens is 1. The molecular weight excluding hydrogens is 391 g/mol. The maximum atomic E-state index is 3.61. The van der Waals surface area contributed by atoms with Gasteiger partial charge in [-0.1, -0.05) is 42.0 Å². The van der Waals surface area contributed by atoms with Gasteiger partial charge in [-0.2, -0.15) is 4.40 Å². The van der Waals surface area contributed by atoms with E-state index >= 15 is 0 Å². The highest BCUT2D eigenvalue weighted by Crippen LogP contribution is 2.23. The number of rotatable bonds is 6. The first-order chi connectivity index (χ1) is 12.6. The van der Waals surface area contributed by atoms with Crippen molar-refractivity contribution in [2.24, 2.45) is 0 Å². The van der Waals surface area contributed by atoms with Crippen molar-refractivity contribution in [3.8, 4) is 11.3 Å². The molecule has 0 radical (unpaired) electrons. The largest absolute Gasteiger partial charge is 1.00 e. The fourth-order valence-electron chi connectivity index (χ4n) is 3.60. The Morgan fingerprint density at radius 1 is 1.04 bits per heavy atom. The average molecular weight is 419 g/mol.